The highest BCUT2D eigenvalue weighted by Crippen LogP contribution is 2.23. The molecule has 1 atom stereocenters. The van der Waals surface area contributed by atoms with Crippen molar-refractivity contribution in [3.63, 3.8) is 0 Å². The molecular formula is C13H21NO2. The van der Waals surface area contributed by atoms with Crippen molar-refractivity contribution in [1.82, 2.24) is 0 Å². The monoisotopic (exact) mass is 223 g/mol. The molecule has 0 saturated heterocycles. The molecule has 0 spiro atoms. The van der Waals surface area contributed by atoms with Gasteiger partial charge in [-0.2, -0.15) is 0 Å². The van der Waals surface area contributed by atoms with E-state index >= 15 is 0 Å². The van der Waals surface area contributed by atoms with Gasteiger partial charge in [-0.3, -0.25) is 0 Å². The summed E-state index contributed by atoms with van der Waals surface area (Å²) in [6, 6.07) is 7.81. The van der Waals surface area contributed by atoms with Crippen LogP contribution in [0.4, 0.5) is 0 Å². The lowest BCUT2D eigenvalue weighted by Crippen LogP contribution is -2.42. The molecular weight excluding hydrogens is 202 g/mol. The minimum atomic E-state index is -0.601. The van der Waals surface area contributed by atoms with Crippen LogP contribution in [0.5, 0.6) is 5.75 Å². The van der Waals surface area contributed by atoms with E-state index in [1.165, 1.54) is 0 Å². The number of para-hydroxylation sites is 1. The van der Waals surface area contributed by atoms with E-state index in [4.69, 9.17) is 15.6 Å². The molecule has 0 heterocycles. The fraction of sp³-hybridized carbons (Fsp3) is 0.538. The second-order valence-corrected chi connectivity index (χ2v) is 4.76. The van der Waals surface area contributed by atoms with Gasteiger partial charge in [-0.25, -0.2) is 0 Å². The van der Waals surface area contributed by atoms with Crippen LogP contribution in [0, 0.1) is 0 Å². The summed E-state index contributed by atoms with van der Waals surface area (Å²) >= 11 is 0. The first kappa shape index (κ1) is 13.0. The standard InChI is InChI=1S/C13H21NO2/c1-10(2)16-12-7-5-4-6-11(12)8-13(3,14)9-15/h4-7,10,15H,8-9,14H2,1-3H3. The van der Waals surface area contributed by atoms with Crippen LogP contribution in [-0.4, -0.2) is 23.4 Å². The Bertz CT molecular complexity index is 334. The third kappa shape index (κ3) is 3.83. The Balaban J connectivity index is 2.86. The van der Waals surface area contributed by atoms with Gasteiger partial charge >= 0.3 is 0 Å². The lowest BCUT2D eigenvalue weighted by molar-refractivity contribution is 0.203. The number of aliphatic hydroxyl groups is 1. The van der Waals surface area contributed by atoms with Crippen molar-refractivity contribution in [3.8, 4) is 5.75 Å². The summed E-state index contributed by atoms with van der Waals surface area (Å²) in [5, 5.41) is 9.16. The Hall–Kier alpha value is -1.06. The van der Waals surface area contributed by atoms with Crippen molar-refractivity contribution in [2.75, 3.05) is 6.61 Å². The van der Waals surface area contributed by atoms with Crippen LogP contribution < -0.4 is 10.5 Å². The molecule has 0 aliphatic heterocycles. The third-order valence-electron chi connectivity index (χ3n) is 2.29. The van der Waals surface area contributed by atoms with Gasteiger partial charge in [-0.05, 0) is 38.8 Å². The summed E-state index contributed by atoms with van der Waals surface area (Å²) < 4.78 is 5.70. The molecule has 1 aromatic rings. The van der Waals surface area contributed by atoms with E-state index in [9.17, 15) is 0 Å². The highest BCUT2D eigenvalue weighted by atomic mass is 16.5. The third-order valence-corrected chi connectivity index (χ3v) is 2.29. The molecule has 0 fully saturated rings. The topological polar surface area (TPSA) is 55.5 Å². The maximum absolute atomic E-state index is 9.16. The van der Waals surface area contributed by atoms with Gasteiger partial charge in [0.2, 0.25) is 0 Å². The van der Waals surface area contributed by atoms with Crippen molar-refractivity contribution in [2.45, 2.75) is 38.8 Å². The second-order valence-electron chi connectivity index (χ2n) is 4.76. The zero-order chi connectivity index (χ0) is 12.2. The van der Waals surface area contributed by atoms with Crippen LogP contribution in [0.1, 0.15) is 26.3 Å². The van der Waals surface area contributed by atoms with Gasteiger partial charge in [0.05, 0.1) is 12.7 Å². The number of aliphatic hydroxyl groups excluding tert-OH is 1. The Morgan fingerprint density at radius 2 is 2.00 bits per heavy atom. The smallest absolute Gasteiger partial charge is 0.122 e. The van der Waals surface area contributed by atoms with Crippen LogP contribution in [-0.2, 0) is 6.42 Å². The molecule has 1 rings (SSSR count). The Kier molecular flexibility index (Phi) is 4.33. The zero-order valence-corrected chi connectivity index (χ0v) is 10.2. The van der Waals surface area contributed by atoms with Gasteiger partial charge in [-0.15, -0.1) is 0 Å². The first-order valence-corrected chi connectivity index (χ1v) is 5.59. The lowest BCUT2D eigenvalue weighted by atomic mass is 9.94. The molecule has 90 valence electrons. The predicted octanol–water partition coefficient (Wildman–Crippen LogP) is 1.73. The number of ether oxygens (including phenoxy) is 1. The Morgan fingerprint density at radius 3 is 2.56 bits per heavy atom. The fourth-order valence-electron chi connectivity index (χ4n) is 1.51. The van der Waals surface area contributed by atoms with E-state index in [-0.39, 0.29) is 12.7 Å². The average molecular weight is 223 g/mol. The normalized spacial score (nSPS) is 14.9. The fourth-order valence-corrected chi connectivity index (χ4v) is 1.51. The molecule has 0 saturated carbocycles. The van der Waals surface area contributed by atoms with Crippen LogP contribution in [0.25, 0.3) is 0 Å². The van der Waals surface area contributed by atoms with E-state index in [2.05, 4.69) is 0 Å². The molecule has 0 amide bonds. The zero-order valence-electron chi connectivity index (χ0n) is 10.2. The molecule has 3 N–H and O–H groups in total. The van der Waals surface area contributed by atoms with E-state index in [0.29, 0.717) is 6.42 Å². The highest BCUT2D eigenvalue weighted by molar-refractivity contribution is 5.34. The minimum absolute atomic E-state index is 0.0387. The Morgan fingerprint density at radius 1 is 1.38 bits per heavy atom. The van der Waals surface area contributed by atoms with Crippen molar-refractivity contribution in [3.05, 3.63) is 29.8 Å². The molecule has 0 bridgehead atoms. The van der Waals surface area contributed by atoms with Gasteiger partial charge in [0, 0.05) is 5.54 Å². The number of benzene rings is 1. The van der Waals surface area contributed by atoms with Crippen LogP contribution >= 0.6 is 0 Å². The summed E-state index contributed by atoms with van der Waals surface area (Å²) in [7, 11) is 0. The van der Waals surface area contributed by atoms with E-state index in [1.807, 2.05) is 45.0 Å². The van der Waals surface area contributed by atoms with Crippen LogP contribution in [0.3, 0.4) is 0 Å². The van der Waals surface area contributed by atoms with E-state index < -0.39 is 5.54 Å². The molecule has 3 heteroatoms. The predicted molar refractivity (Wildman–Crippen MR) is 65.6 cm³/mol. The molecule has 16 heavy (non-hydrogen) atoms. The highest BCUT2D eigenvalue weighted by Gasteiger charge is 2.19. The summed E-state index contributed by atoms with van der Waals surface area (Å²) in [6.07, 6.45) is 0.742. The van der Waals surface area contributed by atoms with E-state index in [1.54, 1.807) is 0 Å². The first-order chi connectivity index (χ1) is 7.44. The van der Waals surface area contributed by atoms with E-state index in [0.717, 1.165) is 11.3 Å². The van der Waals surface area contributed by atoms with Crippen LogP contribution in [0.15, 0.2) is 24.3 Å². The van der Waals surface area contributed by atoms with Gasteiger partial charge in [0.1, 0.15) is 5.75 Å². The molecule has 0 aromatic heterocycles. The Labute approximate surface area is 97.2 Å². The number of hydrogen-bond donors (Lipinski definition) is 2. The summed E-state index contributed by atoms with van der Waals surface area (Å²) in [4.78, 5) is 0. The average Bonchev–Trinajstić information content (AvgIpc) is 2.20. The maximum atomic E-state index is 9.16. The maximum Gasteiger partial charge on any atom is 0.122 e. The SMILES string of the molecule is CC(C)Oc1ccccc1CC(C)(N)CO. The molecule has 1 aromatic carbocycles. The summed E-state index contributed by atoms with van der Waals surface area (Å²) in [5.74, 6) is 0.850. The van der Waals surface area contributed by atoms with Gasteiger partial charge in [0.25, 0.3) is 0 Å². The number of hydrogen-bond acceptors (Lipinski definition) is 3. The van der Waals surface area contributed by atoms with Gasteiger partial charge in [0.15, 0.2) is 0 Å². The van der Waals surface area contributed by atoms with Crippen LogP contribution in [0.2, 0.25) is 0 Å². The summed E-state index contributed by atoms with van der Waals surface area (Å²) in [5.41, 5.74) is 6.38. The van der Waals surface area contributed by atoms with Crippen molar-refractivity contribution in [1.29, 1.82) is 0 Å². The quantitative estimate of drug-likeness (QED) is 0.799. The van der Waals surface area contributed by atoms with Gasteiger partial charge in [-0.1, -0.05) is 18.2 Å². The first-order valence-electron chi connectivity index (χ1n) is 5.59. The summed E-state index contributed by atoms with van der Waals surface area (Å²) in [6.45, 7) is 5.77. The van der Waals surface area contributed by atoms with Crippen molar-refractivity contribution in [2.24, 2.45) is 5.73 Å². The molecule has 1 unspecified atom stereocenters. The molecule has 3 nitrogen and oxygen atoms in total. The molecule has 0 aliphatic carbocycles. The number of rotatable bonds is 5. The molecule has 0 aliphatic rings. The lowest BCUT2D eigenvalue weighted by Gasteiger charge is -2.23. The molecule has 0 radical (unpaired) electrons. The van der Waals surface area contributed by atoms with Crippen molar-refractivity contribution >= 4 is 0 Å². The minimum Gasteiger partial charge on any atom is -0.491 e. The second kappa shape index (κ2) is 5.32. The van der Waals surface area contributed by atoms with Gasteiger partial charge < -0.3 is 15.6 Å². The number of nitrogens with two attached hydrogens (primary N) is 1. The largest absolute Gasteiger partial charge is 0.491 e. The van der Waals surface area contributed by atoms with Crippen molar-refractivity contribution < 1.29 is 9.84 Å².